The van der Waals surface area contributed by atoms with Crippen molar-refractivity contribution < 1.29 is 58.2 Å². The van der Waals surface area contributed by atoms with Gasteiger partial charge in [0.2, 0.25) is 5.91 Å². The van der Waals surface area contributed by atoms with E-state index in [1.54, 1.807) is 6.26 Å². The van der Waals surface area contributed by atoms with Gasteiger partial charge in [-0.05, 0) is 59.0 Å². The van der Waals surface area contributed by atoms with Gasteiger partial charge >= 0.3 is 5.97 Å². The Kier molecular flexibility index (Phi) is 113. The highest BCUT2D eigenvalue weighted by Crippen LogP contribution is 2.14. The molecule has 0 aromatic carbocycles. The van der Waals surface area contributed by atoms with Crippen LogP contribution in [0.4, 0.5) is 0 Å². The summed E-state index contributed by atoms with van der Waals surface area (Å²) in [4.78, 5) is 52.2. The van der Waals surface area contributed by atoms with Gasteiger partial charge in [-0.1, -0.05) is 146 Å². The highest BCUT2D eigenvalue weighted by atomic mass is 33.1. The molecule has 0 heterocycles. The van der Waals surface area contributed by atoms with Gasteiger partial charge in [-0.15, -0.1) is 23.3 Å². The molecular formula is C54H114N4O12S3. The first-order valence-corrected chi connectivity index (χ1v) is 29.0. The number of aldehydes is 3. The Bertz CT molecular complexity index is 1110. The number of aliphatic hydroxyl groups excluding tert-OH is 2. The molecule has 0 saturated carbocycles. The number of unbranched alkanes of at least 4 members (excludes halogenated alkanes) is 12. The number of allylic oxidation sites excluding steroid dienone is 2. The molecule has 0 rings (SSSR count). The number of likely N-dealkylation sites (N-methyl/N-ethyl adjacent to an activating group) is 1. The van der Waals surface area contributed by atoms with Gasteiger partial charge in [-0.3, -0.25) is 9.59 Å². The fraction of sp³-hybridized carbons (Fsp3) is 0.796. The first-order valence-electron chi connectivity index (χ1n) is 26.5. The summed E-state index contributed by atoms with van der Waals surface area (Å²) < 4.78 is 20.3. The lowest BCUT2D eigenvalue weighted by Crippen LogP contribution is -2.36. The van der Waals surface area contributed by atoms with Gasteiger partial charge in [0.1, 0.15) is 37.8 Å². The number of carboxylic acid groups (broad SMARTS) is 1. The summed E-state index contributed by atoms with van der Waals surface area (Å²) in [5, 5.41) is 38.7. The van der Waals surface area contributed by atoms with Crippen LogP contribution in [0.1, 0.15) is 177 Å². The Morgan fingerprint density at radius 1 is 0.575 bits per heavy atom. The number of hydrogen-bond donors (Lipinski definition) is 10. The molecule has 0 fully saturated rings. The fourth-order valence-electron chi connectivity index (χ4n) is 4.86. The average Bonchev–Trinajstić information content (AvgIpc) is 3.40. The maximum atomic E-state index is 12.3. The van der Waals surface area contributed by atoms with Crippen molar-refractivity contribution >= 4 is 66.7 Å². The molecule has 0 radical (unpaired) electrons. The Labute approximate surface area is 463 Å². The highest BCUT2D eigenvalue weighted by Gasteiger charge is 2.15. The average molecular weight is 1110 g/mol. The minimum Gasteiger partial charge on any atom is -0.513 e. The van der Waals surface area contributed by atoms with E-state index >= 15 is 0 Å². The van der Waals surface area contributed by atoms with E-state index in [0.717, 1.165) is 69.9 Å². The second-order valence-corrected chi connectivity index (χ2v) is 15.4. The maximum absolute atomic E-state index is 12.3. The highest BCUT2D eigenvalue weighted by molar-refractivity contribution is 8.59. The van der Waals surface area contributed by atoms with Gasteiger partial charge < -0.3 is 69.9 Å². The van der Waals surface area contributed by atoms with Crippen LogP contribution < -0.4 is 21.3 Å². The molecule has 1 atom stereocenters. The van der Waals surface area contributed by atoms with Crippen LogP contribution in [-0.2, 0) is 42.9 Å². The quantitative estimate of drug-likeness (QED) is 0.00901. The fourth-order valence-corrected chi connectivity index (χ4v) is 4.86. The van der Waals surface area contributed by atoms with Gasteiger partial charge in [0, 0.05) is 44.0 Å². The van der Waals surface area contributed by atoms with E-state index in [1.165, 1.54) is 51.4 Å². The molecule has 0 aliphatic heterocycles. The van der Waals surface area contributed by atoms with E-state index in [2.05, 4.69) is 83.9 Å². The molecule has 73 heavy (non-hydrogen) atoms. The van der Waals surface area contributed by atoms with Crippen LogP contribution in [0.3, 0.4) is 0 Å². The Morgan fingerprint density at radius 2 is 0.945 bits per heavy atom. The largest absolute Gasteiger partial charge is 0.513 e. The van der Waals surface area contributed by atoms with Crippen LogP contribution in [0.2, 0.25) is 0 Å². The number of aliphatic hydroxyl groups is 2. The number of amides is 1. The van der Waals surface area contributed by atoms with Gasteiger partial charge in [0.05, 0.1) is 51.4 Å². The third kappa shape index (κ3) is 115. The molecule has 0 saturated heterocycles. The van der Waals surface area contributed by atoms with Crippen LogP contribution in [0.15, 0.2) is 37.0 Å². The van der Waals surface area contributed by atoms with Gasteiger partial charge in [-0.2, -0.15) is 12.6 Å². The molecule has 1 amide bonds. The smallest absolute Gasteiger partial charge is 0.303 e. The minimum absolute atomic E-state index is 0.0509. The van der Waals surface area contributed by atoms with E-state index in [-0.39, 0.29) is 43.0 Å². The summed E-state index contributed by atoms with van der Waals surface area (Å²) in [6.07, 6.45) is 22.3. The second kappa shape index (κ2) is 92.0. The van der Waals surface area contributed by atoms with Crippen molar-refractivity contribution in [3.05, 3.63) is 37.0 Å². The molecule has 0 aromatic heterocycles. The minimum atomic E-state index is -0.701. The van der Waals surface area contributed by atoms with E-state index in [9.17, 15) is 29.1 Å². The SMILES string of the molecule is C=C(CCC(NC(=O)CCCCCCCCCCCCCCC(=O)O)C(=C)O)NCCOCCOCC=O.C=C(O)CC.CC.CC.CC(C)C=O.CCCCNC.CNCCOCCOCC=O.CS.SS. The van der Waals surface area contributed by atoms with Crippen LogP contribution in [0.5, 0.6) is 0 Å². The zero-order valence-electron chi connectivity index (χ0n) is 48.1. The summed E-state index contributed by atoms with van der Waals surface area (Å²) in [6.45, 7) is 32.4. The molecule has 0 aromatic rings. The standard InChI is InChI=1S/C29H52N2O7.C7H15NO3.C5H13N.2C4H8O.2C2H6.CH4S.H2S2/c1-25(30-19-21-37-23-24-38-22-20-32)17-18-27(26(2)33)31-28(34)15-13-11-9-7-5-3-4-6-8-10-12-14-16-29(35)36;1-8-2-4-10-6-7-11-5-3-9;1-3-4-5-6-2;1-4(2)3-5;1-3-4(2)5;4*1-2/h20,27,30,33H,1-19,21-24H2,(H,31,34)(H,35,36);3,8H,2,4-7H2,1H3;6H,3-5H2,1-2H3;3-4H,1-2H3;5H,2-3H2,1H3;2*1-2H3;2H,1H3;1-2H. The monoisotopic (exact) mass is 1110 g/mol. The predicted octanol–water partition coefficient (Wildman–Crippen LogP) is 11.3. The van der Waals surface area contributed by atoms with Crippen molar-refractivity contribution in [3.63, 3.8) is 0 Å². The summed E-state index contributed by atoms with van der Waals surface area (Å²) in [6, 6.07) is -0.496. The lowest BCUT2D eigenvalue weighted by atomic mass is 10.0. The number of aliphatic carboxylic acids is 1. The number of hydrogen-bond acceptors (Lipinski definition) is 17. The van der Waals surface area contributed by atoms with Crippen molar-refractivity contribution in [2.24, 2.45) is 5.92 Å². The Balaban J connectivity index is -0.000000134. The summed E-state index contributed by atoms with van der Waals surface area (Å²) >= 11 is 9.97. The molecular weight excluding hydrogens is 993 g/mol. The second-order valence-electron chi connectivity index (χ2n) is 15.4. The number of rotatable bonds is 42. The van der Waals surface area contributed by atoms with E-state index in [1.807, 2.05) is 62.6 Å². The lowest BCUT2D eigenvalue weighted by Gasteiger charge is -2.19. The summed E-state index contributed by atoms with van der Waals surface area (Å²) in [5.41, 5.74) is 0.794. The number of ether oxygens (including phenoxy) is 4. The molecule has 0 spiro atoms. The van der Waals surface area contributed by atoms with Crippen molar-refractivity contribution in [3.8, 4) is 0 Å². The number of nitrogens with one attached hydrogen (secondary N) is 4. The van der Waals surface area contributed by atoms with E-state index in [4.69, 9.17) is 29.2 Å². The maximum Gasteiger partial charge on any atom is 0.303 e. The first-order chi connectivity index (χ1) is 35.2. The zero-order valence-corrected chi connectivity index (χ0v) is 50.8. The van der Waals surface area contributed by atoms with Gasteiger partial charge in [0.25, 0.3) is 0 Å². The summed E-state index contributed by atoms with van der Waals surface area (Å²) in [7, 11) is 3.85. The number of carbonyl (C=O) groups excluding carboxylic acids is 4. The van der Waals surface area contributed by atoms with Gasteiger partial charge in [-0.25, -0.2) is 0 Å². The van der Waals surface area contributed by atoms with Crippen molar-refractivity contribution in [2.75, 3.05) is 92.8 Å². The molecule has 1 unspecified atom stereocenters. The number of thiol groups is 3. The summed E-state index contributed by atoms with van der Waals surface area (Å²) in [5.74, 6) is -0.366. The Morgan fingerprint density at radius 3 is 1.26 bits per heavy atom. The Hall–Kier alpha value is -2.62. The van der Waals surface area contributed by atoms with Crippen molar-refractivity contribution in [1.82, 2.24) is 21.3 Å². The van der Waals surface area contributed by atoms with Crippen molar-refractivity contribution in [1.29, 1.82) is 0 Å². The molecule has 7 N–H and O–H groups in total. The molecule has 0 aliphatic rings. The van der Waals surface area contributed by atoms with E-state index < -0.39 is 12.0 Å². The zero-order chi connectivity index (χ0) is 58.0. The predicted molar refractivity (Wildman–Crippen MR) is 319 cm³/mol. The van der Waals surface area contributed by atoms with Crippen LogP contribution in [0.25, 0.3) is 0 Å². The number of carbonyl (C=O) groups is 5. The third-order valence-corrected chi connectivity index (χ3v) is 8.71. The van der Waals surface area contributed by atoms with Crippen LogP contribution in [0, 0.1) is 5.92 Å². The van der Waals surface area contributed by atoms with Crippen molar-refractivity contribution in [2.45, 2.75) is 183 Å². The molecule has 19 heteroatoms. The van der Waals surface area contributed by atoms with E-state index in [0.29, 0.717) is 78.2 Å². The van der Waals surface area contributed by atoms with Crippen LogP contribution in [-0.4, -0.2) is 145 Å². The van der Waals surface area contributed by atoms with Crippen LogP contribution >= 0.6 is 36.0 Å². The molecule has 0 aliphatic carbocycles. The first kappa shape index (κ1) is 89.9. The topological polar surface area (TPSA) is 231 Å². The molecule has 440 valence electrons. The molecule has 16 nitrogen and oxygen atoms in total. The number of carboxylic acids is 1. The molecule has 0 bridgehead atoms. The lowest BCUT2D eigenvalue weighted by molar-refractivity contribution is -0.137. The van der Waals surface area contributed by atoms with Gasteiger partial charge in [0.15, 0.2) is 0 Å². The normalized spacial score (nSPS) is 9.68. The third-order valence-electron chi connectivity index (χ3n) is 8.71.